The van der Waals surface area contributed by atoms with E-state index in [-0.39, 0.29) is 0 Å². The Labute approximate surface area is 146 Å². The lowest BCUT2D eigenvalue weighted by atomic mass is 10.2. The largest absolute Gasteiger partial charge is 0.497 e. The molecule has 0 aliphatic rings. The van der Waals surface area contributed by atoms with Crippen molar-refractivity contribution in [2.24, 2.45) is 0 Å². The predicted octanol–water partition coefficient (Wildman–Crippen LogP) is 3.68. The Morgan fingerprint density at radius 3 is 2.52 bits per heavy atom. The summed E-state index contributed by atoms with van der Waals surface area (Å²) >= 11 is 0. The Balaban J connectivity index is 1.84. The molecule has 0 amide bonds. The number of anilines is 4. The molecule has 2 N–H and O–H groups in total. The zero-order chi connectivity index (χ0) is 17.6. The fourth-order valence-corrected chi connectivity index (χ4v) is 2.30. The Morgan fingerprint density at radius 1 is 0.920 bits per heavy atom. The third kappa shape index (κ3) is 3.95. The van der Waals surface area contributed by atoms with Gasteiger partial charge < -0.3 is 20.1 Å². The van der Waals surface area contributed by atoms with E-state index < -0.39 is 0 Å². The molecule has 0 aliphatic carbocycles. The minimum Gasteiger partial charge on any atom is -0.497 e. The first kappa shape index (κ1) is 16.5. The number of nitrogens with one attached hydrogen (secondary N) is 2. The smallest absolute Gasteiger partial charge is 0.249 e. The molecule has 25 heavy (non-hydrogen) atoms. The maximum atomic E-state index is 5.35. The number of aryl methyl sites for hydroxylation is 1. The summed E-state index contributed by atoms with van der Waals surface area (Å²) in [6.45, 7) is 2.03. The molecule has 0 bridgehead atoms. The molecule has 0 saturated carbocycles. The summed E-state index contributed by atoms with van der Waals surface area (Å²) in [5, 5.41) is 14.4. The zero-order valence-electron chi connectivity index (χ0n) is 14.3. The second-order valence-corrected chi connectivity index (χ2v) is 5.30. The number of ether oxygens (including phenoxy) is 2. The molecule has 0 saturated heterocycles. The summed E-state index contributed by atoms with van der Waals surface area (Å²) in [6, 6.07) is 13.4. The van der Waals surface area contributed by atoms with Gasteiger partial charge in [-0.15, -0.1) is 5.10 Å². The topological polar surface area (TPSA) is 81.2 Å². The van der Waals surface area contributed by atoms with Gasteiger partial charge in [-0.3, -0.25) is 0 Å². The average molecular weight is 337 g/mol. The van der Waals surface area contributed by atoms with Crippen LogP contribution in [0.4, 0.5) is 23.1 Å². The van der Waals surface area contributed by atoms with E-state index in [0.29, 0.717) is 29.0 Å². The van der Waals surface area contributed by atoms with E-state index in [2.05, 4.69) is 25.8 Å². The molecule has 0 unspecified atom stereocenters. The number of rotatable bonds is 6. The van der Waals surface area contributed by atoms with Gasteiger partial charge in [0.1, 0.15) is 11.5 Å². The van der Waals surface area contributed by atoms with Gasteiger partial charge in [0, 0.05) is 11.8 Å². The van der Waals surface area contributed by atoms with Crippen LogP contribution >= 0.6 is 0 Å². The van der Waals surface area contributed by atoms with Gasteiger partial charge in [0.15, 0.2) is 5.82 Å². The number of benzene rings is 2. The van der Waals surface area contributed by atoms with Gasteiger partial charge in [-0.1, -0.05) is 18.2 Å². The second-order valence-electron chi connectivity index (χ2n) is 5.30. The number of nitrogens with zero attached hydrogens (tertiary/aromatic N) is 3. The summed E-state index contributed by atoms with van der Waals surface area (Å²) in [7, 11) is 3.21. The molecule has 3 rings (SSSR count). The van der Waals surface area contributed by atoms with Crippen molar-refractivity contribution in [3.05, 3.63) is 54.2 Å². The lowest BCUT2D eigenvalue weighted by molar-refractivity contribution is 0.405. The maximum Gasteiger partial charge on any atom is 0.249 e. The SMILES string of the molecule is COc1ccc(OC)c(Nc2nncc(Nc3ccccc3C)n2)c1. The number of hydrogen-bond acceptors (Lipinski definition) is 7. The molecule has 0 atom stereocenters. The fraction of sp³-hybridized carbons (Fsp3) is 0.167. The summed E-state index contributed by atoms with van der Waals surface area (Å²) in [5.74, 6) is 2.30. The van der Waals surface area contributed by atoms with Crippen LogP contribution in [0, 0.1) is 6.92 Å². The number of hydrogen-bond donors (Lipinski definition) is 2. The lowest BCUT2D eigenvalue weighted by Crippen LogP contribution is -2.04. The number of aromatic nitrogens is 3. The standard InChI is InChI=1S/C18H19N5O2/c1-12-6-4-5-7-14(12)20-17-11-19-23-18(22-17)21-15-10-13(24-2)8-9-16(15)25-3/h4-11H,1-3H3,(H2,20,21,22,23). The molecule has 0 radical (unpaired) electrons. The highest BCUT2D eigenvalue weighted by Gasteiger charge is 2.08. The molecular weight excluding hydrogens is 318 g/mol. The van der Waals surface area contributed by atoms with Crippen LogP contribution in [0.5, 0.6) is 11.5 Å². The minimum absolute atomic E-state index is 0.352. The third-order valence-corrected chi connectivity index (χ3v) is 3.62. The van der Waals surface area contributed by atoms with Crippen LogP contribution in [0.2, 0.25) is 0 Å². The lowest BCUT2D eigenvalue weighted by Gasteiger charge is -2.12. The first-order valence-electron chi connectivity index (χ1n) is 7.71. The van der Waals surface area contributed by atoms with E-state index in [1.807, 2.05) is 49.4 Å². The van der Waals surface area contributed by atoms with Gasteiger partial charge in [-0.05, 0) is 30.7 Å². The van der Waals surface area contributed by atoms with Gasteiger partial charge in [0.2, 0.25) is 5.95 Å². The van der Waals surface area contributed by atoms with Crippen molar-refractivity contribution in [1.82, 2.24) is 15.2 Å². The molecule has 128 valence electrons. The van der Waals surface area contributed by atoms with Crippen molar-refractivity contribution >= 4 is 23.1 Å². The van der Waals surface area contributed by atoms with E-state index in [0.717, 1.165) is 11.3 Å². The molecule has 0 spiro atoms. The molecular formula is C18H19N5O2. The zero-order valence-corrected chi connectivity index (χ0v) is 14.3. The van der Waals surface area contributed by atoms with E-state index >= 15 is 0 Å². The van der Waals surface area contributed by atoms with Crippen LogP contribution in [-0.4, -0.2) is 29.4 Å². The highest BCUT2D eigenvalue weighted by atomic mass is 16.5. The van der Waals surface area contributed by atoms with E-state index in [4.69, 9.17) is 9.47 Å². The molecule has 1 heterocycles. The van der Waals surface area contributed by atoms with Crippen molar-refractivity contribution in [1.29, 1.82) is 0 Å². The van der Waals surface area contributed by atoms with Crippen LogP contribution in [-0.2, 0) is 0 Å². The Kier molecular flexibility index (Phi) is 4.94. The first-order chi connectivity index (χ1) is 12.2. The van der Waals surface area contributed by atoms with Crippen molar-refractivity contribution < 1.29 is 9.47 Å². The van der Waals surface area contributed by atoms with E-state index in [1.165, 1.54) is 0 Å². The molecule has 0 aliphatic heterocycles. The first-order valence-corrected chi connectivity index (χ1v) is 7.71. The number of methoxy groups -OCH3 is 2. The normalized spacial score (nSPS) is 10.2. The maximum absolute atomic E-state index is 5.35. The highest BCUT2D eigenvalue weighted by Crippen LogP contribution is 2.30. The summed E-state index contributed by atoms with van der Waals surface area (Å²) < 4.78 is 10.6. The number of para-hydroxylation sites is 1. The van der Waals surface area contributed by atoms with Gasteiger partial charge in [0.25, 0.3) is 0 Å². The Bertz CT molecular complexity index is 870. The van der Waals surface area contributed by atoms with Gasteiger partial charge in [-0.25, -0.2) is 0 Å². The summed E-state index contributed by atoms with van der Waals surface area (Å²) in [5.41, 5.74) is 2.77. The second kappa shape index (κ2) is 7.48. The van der Waals surface area contributed by atoms with Crippen LogP contribution in [0.1, 0.15) is 5.56 Å². The van der Waals surface area contributed by atoms with E-state index in [1.54, 1.807) is 20.4 Å². The van der Waals surface area contributed by atoms with Gasteiger partial charge >= 0.3 is 0 Å². The van der Waals surface area contributed by atoms with Crippen LogP contribution < -0.4 is 20.1 Å². The third-order valence-electron chi connectivity index (χ3n) is 3.62. The minimum atomic E-state index is 0.352. The molecule has 3 aromatic rings. The van der Waals surface area contributed by atoms with Gasteiger partial charge in [-0.2, -0.15) is 10.1 Å². The molecule has 2 aromatic carbocycles. The molecule has 1 aromatic heterocycles. The quantitative estimate of drug-likeness (QED) is 0.710. The molecule has 0 fully saturated rings. The molecule has 7 heteroatoms. The van der Waals surface area contributed by atoms with Crippen molar-refractivity contribution in [3.8, 4) is 11.5 Å². The Hall–Kier alpha value is -3.35. The summed E-state index contributed by atoms with van der Waals surface area (Å²) in [4.78, 5) is 4.44. The molecule has 7 nitrogen and oxygen atoms in total. The Morgan fingerprint density at radius 2 is 1.76 bits per heavy atom. The highest BCUT2D eigenvalue weighted by molar-refractivity contribution is 5.66. The van der Waals surface area contributed by atoms with Crippen LogP contribution in [0.3, 0.4) is 0 Å². The van der Waals surface area contributed by atoms with Crippen molar-refractivity contribution in [2.75, 3.05) is 24.9 Å². The fourth-order valence-electron chi connectivity index (χ4n) is 2.30. The van der Waals surface area contributed by atoms with Crippen molar-refractivity contribution in [2.45, 2.75) is 6.92 Å². The van der Waals surface area contributed by atoms with E-state index in [9.17, 15) is 0 Å². The van der Waals surface area contributed by atoms with Crippen LogP contribution in [0.15, 0.2) is 48.7 Å². The van der Waals surface area contributed by atoms with Gasteiger partial charge in [0.05, 0.1) is 26.1 Å². The average Bonchev–Trinajstić information content (AvgIpc) is 2.64. The van der Waals surface area contributed by atoms with Crippen LogP contribution in [0.25, 0.3) is 0 Å². The summed E-state index contributed by atoms with van der Waals surface area (Å²) in [6.07, 6.45) is 1.57. The van der Waals surface area contributed by atoms with Crippen molar-refractivity contribution in [3.63, 3.8) is 0 Å². The monoisotopic (exact) mass is 337 g/mol. The predicted molar refractivity (Wildman–Crippen MR) is 97.1 cm³/mol.